The fourth-order valence-electron chi connectivity index (χ4n) is 3.08. The second-order valence-corrected chi connectivity index (χ2v) is 8.07. The van der Waals surface area contributed by atoms with Crippen molar-refractivity contribution in [2.45, 2.75) is 17.9 Å². The van der Waals surface area contributed by atoms with Gasteiger partial charge in [0.15, 0.2) is 11.0 Å². The standard InChI is InChI=1S/C23H17F4N5OS/c24-18-8-6-15(7-9-18)12-29-20(33)14-34-22-31-30-21(16-3-2-10-28-13-16)32(22)19-5-1-4-17(11-19)23(25,26)27/h1-11,13H,12,14H2,(H,29,33). The van der Waals surface area contributed by atoms with E-state index in [0.717, 1.165) is 29.5 Å². The molecule has 4 rings (SSSR count). The Morgan fingerprint density at radius 2 is 1.82 bits per heavy atom. The van der Waals surface area contributed by atoms with Gasteiger partial charge in [-0.15, -0.1) is 10.2 Å². The van der Waals surface area contributed by atoms with Crippen molar-refractivity contribution < 1.29 is 22.4 Å². The number of hydrogen-bond donors (Lipinski definition) is 1. The van der Waals surface area contributed by atoms with E-state index < -0.39 is 11.7 Å². The van der Waals surface area contributed by atoms with Crippen LogP contribution < -0.4 is 5.32 Å². The first-order valence-electron chi connectivity index (χ1n) is 9.98. The molecule has 0 atom stereocenters. The number of nitrogens with zero attached hydrogens (tertiary/aromatic N) is 4. The first kappa shape index (κ1) is 23.4. The van der Waals surface area contributed by atoms with Gasteiger partial charge in [-0.2, -0.15) is 13.2 Å². The normalized spacial score (nSPS) is 11.4. The average molecular weight is 487 g/mol. The molecule has 0 aliphatic carbocycles. The number of hydrogen-bond acceptors (Lipinski definition) is 5. The smallest absolute Gasteiger partial charge is 0.351 e. The zero-order chi connectivity index (χ0) is 24.1. The number of benzene rings is 2. The van der Waals surface area contributed by atoms with Gasteiger partial charge in [0.05, 0.1) is 17.0 Å². The number of nitrogens with one attached hydrogen (secondary N) is 1. The van der Waals surface area contributed by atoms with Crippen molar-refractivity contribution in [1.29, 1.82) is 0 Å². The third-order valence-electron chi connectivity index (χ3n) is 4.72. The Labute approximate surface area is 196 Å². The van der Waals surface area contributed by atoms with E-state index in [1.807, 2.05) is 0 Å². The SMILES string of the molecule is O=C(CSc1nnc(-c2cccnc2)n1-c1cccc(C(F)(F)F)c1)NCc1ccc(F)cc1. The number of amides is 1. The summed E-state index contributed by atoms with van der Waals surface area (Å²) in [5.74, 6) is -0.452. The van der Waals surface area contributed by atoms with Gasteiger partial charge in [-0.25, -0.2) is 4.39 Å². The fraction of sp³-hybridized carbons (Fsp3) is 0.130. The van der Waals surface area contributed by atoms with Crippen LogP contribution in [0.25, 0.3) is 17.1 Å². The molecule has 0 bridgehead atoms. The van der Waals surface area contributed by atoms with Gasteiger partial charge in [-0.3, -0.25) is 14.3 Å². The van der Waals surface area contributed by atoms with Crippen LogP contribution in [0.3, 0.4) is 0 Å². The molecule has 1 amide bonds. The highest BCUT2D eigenvalue weighted by Gasteiger charge is 2.31. The molecule has 6 nitrogen and oxygen atoms in total. The minimum atomic E-state index is -4.52. The molecule has 34 heavy (non-hydrogen) atoms. The number of aromatic nitrogens is 4. The lowest BCUT2D eigenvalue weighted by Gasteiger charge is -2.13. The Kier molecular flexibility index (Phi) is 6.92. The minimum absolute atomic E-state index is 0.0503. The molecule has 0 saturated heterocycles. The van der Waals surface area contributed by atoms with E-state index >= 15 is 0 Å². The quantitative estimate of drug-likeness (QED) is 0.297. The largest absolute Gasteiger partial charge is 0.416 e. The number of thioether (sulfide) groups is 1. The van der Waals surface area contributed by atoms with Crippen LogP contribution in [-0.4, -0.2) is 31.4 Å². The molecule has 0 unspecified atom stereocenters. The Morgan fingerprint density at radius 1 is 1.03 bits per heavy atom. The third-order valence-corrected chi connectivity index (χ3v) is 5.65. The number of alkyl halides is 3. The summed E-state index contributed by atoms with van der Waals surface area (Å²) in [6.07, 6.45) is -1.43. The highest BCUT2D eigenvalue weighted by Crippen LogP contribution is 2.33. The maximum absolute atomic E-state index is 13.3. The molecule has 2 aromatic heterocycles. The molecular formula is C23H17F4N5OS. The fourth-order valence-corrected chi connectivity index (χ4v) is 3.87. The summed E-state index contributed by atoms with van der Waals surface area (Å²) in [5, 5.41) is 11.2. The number of rotatable bonds is 7. The zero-order valence-corrected chi connectivity index (χ0v) is 18.3. The van der Waals surface area contributed by atoms with E-state index in [0.29, 0.717) is 11.4 Å². The molecule has 1 N–H and O–H groups in total. The van der Waals surface area contributed by atoms with Crippen molar-refractivity contribution in [2.24, 2.45) is 0 Å². The summed E-state index contributed by atoms with van der Waals surface area (Å²) in [6, 6.07) is 13.9. The highest BCUT2D eigenvalue weighted by molar-refractivity contribution is 7.99. The summed E-state index contributed by atoms with van der Waals surface area (Å²) in [4.78, 5) is 16.4. The van der Waals surface area contributed by atoms with Gasteiger partial charge < -0.3 is 5.32 Å². The number of pyridine rings is 1. The average Bonchev–Trinajstić information content (AvgIpc) is 3.26. The van der Waals surface area contributed by atoms with Gasteiger partial charge in [0, 0.05) is 24.5 Å². The summed E-state index contributed by atoms with van der Waals surface area (Å²) in [5.41, 5.74) is 0.669. The number of carbonyl (C=O) groups is 1. The maximum Gasteiger partial charge on any atom is 0.416 e. The van der Waals surface area contributed by atoms with Crippen molar-refractivity contribution in [1.82, 2.24) is 25.1 Å². The molecule has 0 aliphatic rings. The van der Waals surface area contributed by atoms with Crippen molar-refractivity contribution in [3.8, 4) is 17.1 Å². The Bertz CT molecular complexity index is 1280. The van der Waals surface area contributed by atoms with E-state index in [-0.39, 0.29) is 34.9 Å². The van der Waals surface area contributed by atoms with Gasteiger partial charge >= 0.3 is 6.18 Å². The first-order valence-corrected chi connectivity index (χ1v) is 11.0. The lowest BCUT2D eigenvalue weighted by atomic mass is 10.2. The van der Waals surface area contributed by atoms with Crippen LogP contribution in [0.15, 0.2) is 78.2 Å². The van der Waals surface area contributed by atoms with E-state index in [4.69, 9.17) is 0 Å². The van der Waals surface area contributed by atoms with Crippen molar-refractivity contribution in [2.75, 3.05) is 5.75 Å². The van der Waals surface area contributed by atoms with Crippen molar-refractivity contribution in [3.05, 3.63) is 90.0 Å². The minimum Gasteiger partial charge on any atom is -0.351 e. The molecule has 2 heterocycles. The Hall–Kier alpha value is -3.73. The monoisotopic (exact) mass is 487 g/mol. The third kappa shape index (κ3) is 5.60. The summed E-state index contributed by atoms with van der Waals surface area (Å²) in [6.45, 7) is 0.209. The molecule has 0 spiro atoms. The van der Waals surface area contributed by atoms with Crippen LogP contribution >= 0.6 is 11.8 Å². The van der Waals surface area contributed by atoms with Gasteiger partial charge in [0.2, 0.25) is 5.91 Å². The topological polar surface area (TPSA) is 72.7 Å². The number of halogens is 4. The van der Waals surface area contributed by atoms with Crippen LogP contribution in [0, 0.1) is 5.82 Å². The zero-order valence-electron chi connectivity index (χ0n) is 17.5. The predicted molar refractivity (Wildman–Crippen MR) is 119 cm³/mol. The van der Waals surface area contributed by atoms with Crippen molar-refractivity contribution >= 4 is 17.7 Å². The first-order chi connectivity index (χ1) is 16.3. The van der Waals surface area contributed by atoms with Crippen LogP contribution in [0.1, 0.15) is 11.1 Å². The van der Waals surface area contributed by atoms with Gasteiger partial charge in [0.25, 0.3) is 0 Å². The predicted octanol–water partition coefficient (Wildman–Crippen LogP) is 4.90. The molecule has 11 heteroatoms. The molecular weight excluding hydrogens is 470 g/mol. The maximum atomic E-state index is 13.3. The van der Waals surface area contributed by atoms with E-state index in [1.165, 1.54) is 35.0 Å². The summed E-state index contributed by atoms with van der Waals surface area (Å²) >= 11 is 1.03. The molecule has 4 aromatic rings. The van der Waals surface area contributed by atoms with E-state index in [2.05, 4.69) is 20.5 Å². The summed E-state index contributed by atoms with van der Waals surface area (Å²) in [7, 11) is 0. The number of carbonyl (C=O) groups excluding carboxylic acids is 1. The second-order valence-electron chi connectivity index (χ2n) is 7.12. The highest BCUT2D eigenvalue weighted by atomic mass is 32.2. The van der Waals surface area contributed by atoms with Gasteiger partial charge in [0.1, 0.15) is 5.82 Å². The molecule has 174 valence electrons. The van der Waals surface area contributed by atoms with Crippen LogP contribution in [0.4, 0.5) is 17.6 Å². The van der Waals surface area contributed by atoms with Crippen LogP contribution in [0.5, 0.6) is 0 Å². The lowest BCUT2D eigenvalue weighted by Crippen LogP contribution is -2.24. The Morgan fingerprint density at radius 3 is 2.53 bits per heavy atom. The molecule has 2 aromatic carbocycles. The second kappa shape index (κ2) is 10.0. The molecule has 0 radical (unpaired) electrons. The van der Waals surface area contributed by atoms with Crippen LogP contribution in [0.2, 0.25) is 0 Å². The van der Waals surface area contributed by atoms with Gasteiger partial charge in [-0.05, 0) is 48.0 Å². The van der Waals surface area contributed by atoms with E-state index in [9.17, 15) is 22.4 Å². The molecule has 0 saturated carbocycles. The summed E-state index contributed by atoms with van der Waals surface area (Å²) < 4.78 is 54.4. The van der Waals surface area contributed by atoms with E-state index in [1.54, 1.807) is 30.5 Å². The lowest BCUT2D eigenvalue weighted by molar-refractivity contribution is -0.137. The van der Waals surface area contributed by atoms with Crippen molar-refractivity contribution in [3.63, 3.8) is 0 Å². The Balaban J connectivity index is 1.57. The molecule has 0 aliphatic heterocycles. The molecule has 0 fully saturated rings. The van der Waals surface area contributed by atoms with Crippen LogP contribution in [-0.2, 0) is 17.5 Å². The van der Waals surface area contributed by atoms with Gasteiger partial charge in [-0.1, -0.05) is 30.0 Å².